The highest BCUT2D eigenvalue weighted by Gasteiger charge is 2.03. The second-order valence-electron chi connectivity index (χ2n) is 4.62. The van der Waals surface area contributed by atoms with Gasteiger partial charge in [0.25, 0.3) is 0 Å². The largest absolute Gasteiger partial charge is 0.384 e. The van der Waals surface area contributed by atoms with Crippen molar-refractivity contribution in [1.82, 2.24) is 0 Å². The average Bonchev–Trinajstić information content (AvgIpc) is 2.43. The molecule has 0 amide bonds. The van der Waals surface area contributed by atoms with Crippen molar-refractivity contribution < 1.29 is 5.11 Å². The van der Waals surface area contributed by atoms with Gasteiger partial charge in [0.1, 0.15) is 0 Å². The summed E-state index contributed by atoms with van der Waals surface area (Å²) in [6, 6.07) is 14.3. The van der Waals surface area contributed by atoms with Crippen LogP contribution >= 0.6 is 0 Å². The van der Waals surface area contributed by atoms with Gasteiger partial charge in [0, 0.05) is 0 Å². The normalized spacial score (nSPS) is 13.2. The summed E-state index contributed by atoms with van der Waals surface area (Å²) in [5, 5.41) is 12.5. The molecule has 0 bridgehead atoms. The highest BCUT2D eigenvalue weighted by molar-refractivity contribution is 5.83. The summed E-state index contributed by atoms with van der Waals surface area (Å²) in [7, 11) is 0. The van der Waals surface area contributed by atoms with Crippen molar-refractivity contribution in [2.45, 2.75) is 32.3 Å². The van der Waals surface area contributed by atoms with Crippen molar-refractivity contribution in [1.29, 1.82) is 0 Å². The van der Waals surface area contributed by atoms with E-state index < -0.39 is 6.10 Å². The fourth-order valence-electron chi connectivity index (χ4n) is 2.05. The molecule has 0 aliphatic carbocycles. The number of fused-ring (bicyclic) bond motifs is 1. The van der Waals surface area contributed by atoms with Crippen LogP contribution in [0.1, 0.15) is 37.9 Å². The summed E-state index contributed by atoms with van der Waals surface area (Å²) in [5.74, 6) is 0. The average molecular weight is 240 g/mol. The lowest BCUT2D eigenvalue weighted by atomic mass is 10.0. The molecule has 2 aromatic rings. The van der Waals surface area contributed by atoms with E-state index in [1.807, 2.05) is 24.3 Å². The third kappa shape index (κ3) is 3.21. The van der Waals surface area contributed by atoms with Gasteiger partial charge in [0.05, 0.1) is 6.10 Å². The van der Waals surface area contributed by atoms with Gasteiger partial charge in [-0.2, -0.15) is 0 Å². The second kappa shape index (κ2) is 6.36. The van der Waals surface area contributed by atoms with Crippen LogP contribution < -0.4 is 0 Å². The van der Waals surface area contributed by atoms with Gasteiger partial charge in [-0.25, -0.2) is 0 Å². The minimum atomic E-state index is -0.494. The van der Waals surface area contributed by atoms with Gasteiger partial charge in [-0.15, -0.1) is 0 Å². The molecule has 1 N–H and O–H groups in total. The van der Waals surface area contributed by atoms with E-state index in [1.54, 1.807) is 0 Å². The zero-order valence-corrected chi connectivity index (χ0v) is 10.8. The number of benzene rings is 2. The van der Waals surface area contributed by atoms with Crippen molar-refractivity contribution in [3.05, 3.63) is 60.2 Å². The predicted molar refractivity (Wildman–Crippen MR) is 77.6 cm³/mol. The maximum absolute atomic E-state index is 10.1. The number of rotatable bonds is 5. The first kappa shape index (κ1) is 12.8. The van der Waals surface area contributed by atoms with Crippen molar-refractivity contribution >= 4 is 10.8 Å². The first-order valence-corrected chi connectivity index (χ1v) is 6.64. The Morgan fingerprint density at radius 2 is 1.89 bits per heavy atom. The minimum Gasteiger partial charge on any atom is -0.384 e. The number of hydrogen-bond acceptors (Lipinski definition) is 1. The van der Waals surface area contributed by atoms with Crippen LogP contribution in [0.5, 0.6) is 0 Å². The Morgan fingerprint density at radius 1 is 1.11 bits per heavy atom. The summed E-state index contributed by atoms with van der Waals surface area (Å²) in [5.41, 5.74) is 0.960. The molecule has 94 valence electrons. The maximum atomic E-state index is 10.1. The SMILES string of the molecule is CCCC/C=C/C(O)c1ccc2ccccc2c1. The Bertz CT molecular complexity index is 528. The third-order valence-corrected chi connectivity index (χ3v) is 3.16. The van der Waals surface area contributed by atoms with E-state index in [-0.39, 0.29) is 0 Å². The van der Waals surface area contributed by atoms with Crippen LogP contribution in [0.3, 0.4) is 0 Å². The van der Waals surface area contributed by atoms with Crippen molar-refractivity contribution in [3.8, 4) is 0 Å². The predicted octanol–water partition coefficient (Wildman–Crippen LogP) is 4.62. The first-order valence-electron chi connectivity index (χ1n) is 6.64. The zero-order valence-electron chi connectivity index (χ0n) is 10.8. The van der Waals surface area contributed by atoms with Crippen LogP contribution in [0, 0.1) is 0 Å². The summed E-state index contributed by atoms with van der Waals surface area (Å²) in [6.45, 7) is 2.17. The number of allylic oxidation sites excluding steroid dienone is 1. The first-order chi connectivity index (χ1) is 8.81. The van der Waals surface area contributed by atoms with E-state index in [0.717, 1.165) is 12.0 Å². The van der Waals surface area contributed by atoms with Crippen LogP contribution in [-0.2, 0) is 0 Å². The van der Waals surface area contributed by atoms with E-state index in [4.69, 9.17) is 0 Å². The topological polar surface area (TPSA) is 20.2 Å². The molecule has 0 radical (unpaired) electrons. The molecule has 1 heteroatoms. The summed E-state index contributed by atoms with van der Waals surface area (Å²) < 4.78 is 0. The molecule has 1 unspecified atom stereocenters. The van der Waals surface area contributed by atoms with Crippen LogP contribution in [0.15, 0.2) is 54.6 Å². The fourth-order valence-corrected chi connectivity index (χ4v) is 2.05. The molecule has 1 nitrogen and oxygen atoms in total. The van der Waals surface area contributed by atoms with E-state index >= 15 is 0 Å². The number of aliphatic hydroxyl groups excluding tert-OH is 1. The van der Waals surface area contributed by atoms with Gasteiger partial charge in [-0.1, -0.05) is 68.3 Å². The Balaban J connectivity index is 2.12. The van der Waals surface area contributed by atoms with Gasteiger partial charge in [0.15, 0.2) is 0 Å². The number of aliphatic hydroxyl groups is 1. The molecule has 0 saturated heterocycles. The molecule has 2 aromatic carbocycles. The smallest absolute Gasteiger partial charge is 0.0972 e. The summed E-state index contributed by atoms with van der Waals surface area (Å²) in [4.78, 5) is 0. The van der Waals surface area contributed by atoms with Crippen molar-refractivity contribution in [3.63, 3.8) is 0 Å². The molecule has 0 aliphatic rings. The van der Waals surface area contributed by atoms with Gasteiger partial charge in [-0.05, 0) is 28.8 Å². The molecule has 0 spiro atoms. The molecule has 1 atom stereocenters. The van der Waals surface area contributed by atoms with Gasteiger partial charge in [-0.3, -0.25) is 0 Å². The number of unbranched alkanes of at least 4 members (excludes halogenated alkanes) is 2. The molecule has 18 heavy (non-hydrogen) atoms. The van der Waals surface area contributed by atoms with E-state index in [1.165, 1.54) is 23.6 Å². The van der Waals surface area contributed by atoms with E-state index in [9.17, 15) is 5.11 Å². The summed E-state index contributed by atoms with van der Waals surface area (Å²) >= 11 is 0. The van der Waals surface area contributed by atoms with Crippen molar-refractivity contribution in [2.75, 3.05) is 0 Å². The molecule has 2 rings (SSSR count). The van der Waals surface area contributed by atoms with Crippen LogP contribution in [0.4, 0.5) is 0 Å². The highest BCUT2D eigenvalue weighted by atomic mass is 16.3. The molecule has 0 fully saturated rings. The molecular weight excluding hydrogens is 220 g/mol. The van der Waals surface area contributed by atoms with E-state index in [2.05, 4.69) is 37.3 Å². The molecule has 0 heterocycles. The Hall–Kier alpha value is -1.60. The van der Waals surface area contributed by atoms with Crippen LogP contribution in [0.2, 0.25) is 0 Å². The Kier molecular flexibility index (Phi) is 4.54. The third-order valence-electron chi connectivity index (χ3n) is 3.16. The number of hydrogen-bond donors (Lipinski definition) is 1. The highest BCUT2D eigenvalue weighted by Crippen LogP contribution is 2.21. The van der Waals surface area contributed by atoms with Crippen LogP contribution in [-0.4, -0.2) is 5.11 Å². The Morgan fingerprint density at radius 3 is 2.67 bits per heavy atom. The monoisotopic (exact) mass is 240 g/mol. The van der Waals surface area contributed by atoms with Gasteiger partial charge < -0.3 is 5.11 Å². The molecule has 0 aliphatic heterocycles. The molecule has 0 aromatic heterocycles. The van der Waals surface area contributed by atoms with Gasteiger partial charge in [0.2, 0.25) is 0 Å². The lowest BCUT2D eigenvalue weighted by Gasteiger charge is -2.07. The van der Waals surface area contributed by atoms with Crippen LogP contribution in [0.25, 0.3) is 10.8 Å². The quantitative estimate of drug-likeness (QED) is 0.597. The minimum absolute atomic E-state index is 0.494. The molecular formula is C17H20O. The summed E-state index contributed by atoms with van der Waals surface area (Å²) in [6.07, 6.45) is 6.88. The second-order valence-corrected chi connectivity index (χ2v) is 4.62. The maximum Gasteiger partial charge on any atom is 0.0972 e. The molecule has 0 saturated carbocycles. The van der Waals surface area contributed by atoms with Crippen molar-refractivity contribution in [2.24, 2.45) is 0 Å². The zero-order chi connectivity index (χ0) is 12.8. The van der Waals surface area contributed by atoms with E-state index in [0.29, 0.717) is 0 Å². The van der Waals surface area contributed by atoms with Gasteiger partial charge >= 0.3 is 0 Å². The standard InChI is InChI=1S/C17H20O/c1-2-3-4-5-10-17(18)16-12-11-14-8-6-7-9-15(14)13-16/h5-13,17-18H,2-4H2,1H3/b10-5+. The fraction of sp³-hybridized carbons (Fsp3) is 0.294. The lowest BCUT2D eigenvalue weighted by Crippen LogP contribution is -1.92. The lowest BCUT2D eigenvalue weighted by molar-refractivity contribution is 0.228. The Labute approximate surface area is 109 Å².